The Labute approximate surface area is 151 Å². The lowest BCUT2D eigenvalue weighted by Gasteiger charge is -2.35. The number of aromatic nitrogens is 1. The van der Waals surface area contributed by atoms with Gasteiger partial charge in [-0.1, -0.05) is 11.6 Å². The summed E-state index contributed by atoms with van der Waals surface area (Å²) in [5.41, 5.74) is 3.09. The van der Waals surface area contributed by atoms with Crippen LogP contribution >= 0.6 is 11.6 Å². The normalized spacial score (nSPS) is 22.7. The number of pyridine rings is 1. The number of hydrogen-bond acceptors (Lipinski definition) is 6. The van der Waals surface area contributed by atoms with Crippen LogP contribution < -0.4 is 15.7 Å². The highest BCUT2D eigenvalue weighted by Gasteiger charge is 2.39. The SMILES string of the molecule is O=C(C1=CC2(CCNCC2)ON1)N1CCN(c2ncccc2Cl)CC1. The van der Waals surface area contributed by atoms with Crippen LogP contribution in [0, 0.1) is 0 Å². The molecule has 3 aliphatic rings. The first kappa shape index (κ1) is 16.6. The lowest BCUT2D eigenvalue weighted by Crippen LogP contribution is -2.50. The second-order valence-corrected chi connectivity index (χ2v) is 7.07. The summed E-state index contributed by atoms with van der Waals surface area (Å²) < 4.78 is 0. The standard InChI is InChI=1S/C17H22ClN5O2/c18-13-2-1-5-20-15(13)22-8-10-23(11-9-22)16(24)14-12-17(25-21-14)3-6-19-7-4-17/h1-2,5,12,19,21H,3-4,6-11H2. The molecule has 1 spiro atoms. The van der Waals surface area contributed by atoms with Gasteiger partial charge >= 0.3 is 0 Å². The van der Waals surface area contributed by atoms with E-state index in [1.807, 2.05) is 23.1 Å². The molecule has 2 N–H and O–H groups in total. The number of carbonyl (C=O) groups is 1. The summed E-state index contributed by atoms with van der Waals surface area (Å²) in [6, 6.07) is 3.66. The van der Waals surface area contributed by atoms with Crippen LogP contribution in [0.15, 0.2) is 30.1 Å². The molecule has 0 saturated carbocycles. The zero-order valence-electron chi connectivity index (χ0n) is 14.0. The summed E-state index contributed by atoms with van der Waals surface area (Å²) in [6.07, 6.45) is 5.46. The Morgan fingerprint density at radius 3 is 2.72 bits per heavy atom. The predicted octanol–water partition coefficient (Wildman–Crippen LogP) is 0.924. The van der Waals surface area contributed by atoms with Crippen LogP contribution in [0.4, 0.5) is 5.82 Å². The fourth-order valence-corrected chi connectivity index (χ4v) is 3.82. The summed E-state index contributed by atoms with van der Waals surface area (Å²) in [4.78, 5) is 26.8. The Kier molecular flexibility index (Phi) is 4.54. The molecule has 0 aromatic carbocycles. The Morgan fingerprint density at radius 2 is 2.00 bits per heavy atom. The molecule has 25 heavy (non-hydrogen) atoms. The highest BCUT2D eigenvalue weighted by Crippen LogP contribution is 2.30. The summed E-state index contributed by atoms with van der Waals surface area (Å²) in [5, 5.41) is 3.96. The van der Waals surface area contributed by atoms with Gasteiger partial charge in [0.25, 0.3) is 5.91 Å². The third-order valence-electron chi connectivity index (χ3n) is 5.06. The van der Waals surface area contributed by atoms with Crippen molar-refractivity contribution in [2.24, 2.45) is 0 Å². The van der Waals surface area contributed by atoms with Gasteiger partial charge in [-0.15, -0.1) is 0 Å². The molecule has 7 nitrogen and oxygen atoms in total. The van der Waals surface area contributed by atoms with Crippen LogP contribution in [0.3, 0.4) is 0 Å². The minimum absolute atomic E-state index is 0.00201. The molecule has 1 aromatic heterocycles. The largest absolute Gasteiger partial charge is 0.352 e. The minimum atomic E-state index is -0.334. The van der Waals surface area contributed by atoms with Crippen LogP contribution in [-0.2, 0) is 9.63 Å². The summed E-state index contributed by atoms with van der Waals surface area (Å²) in [6.45, 7) is 4.52. The van der Waals surface area contributed by atoms with E-state index in [2.05, 4.69) is 20.7 Å². The van der Waals surface area contributed by atoms with Gasteiger partial charge in [0.05, 0.1) is 5.02 Å². The zero-order chi connectivity index (χ0) is 17.3. The summed E-state index contributed by atoms with van der Waals surface area (Å²) in [5.74, 6) is 0.786. The van der Waals surface area contributed by atoms with Crippen molar-refractivity contribution in [3.05, 3.63) is 35.1 Å². The first-order valence-electron chi connectivity index (χ1n) is 8.69. The molecule has 0 radical (unpaired) electrons. The lowest BCUT2D eigenvalue weighted by molar-refractivity contribution is -0.129. The molecule has 0 bridgehead atoms. The molecule has 0 atom stereocenters. The van der Waals surface area contributed by atoms with E-state index in [9.17, 15) is 4.79 Å². The van der Waals surface area contributed by atoms with Gasteiger partial charge < -0.3 is 15.1 Å². The van der Waals surface area contributed by atoms with Gasteiger partial charge in [-0.25, -0.2) is 4.98 Å². The van der Waals surface area contributed by atoms with E-state index in [4.69, 9.17) is 16.4 Å². The molecule has 4 rings (SSSR count). The second kappa shape index (κ2) is 6.82. The Morgan fingerprint density at radius 1 is 1.24 bits per heavy atom. The second-order valence-electron chi connectivity index (χ2n) is 6.66. The quantitative estimate of drug-likeness (QED) is 0.814. The van der Waals surface area contributed by atoms with Crippen LogP contribution in [0.2, 0.25) is 5.02 Å². The van der Waals surface area contributed by atoms with Gasteiger partial charge in [0.2, 0.25) is 0 Å². The number of nitrogens with one attached hydrogen (secondary N) is 2. The molecule has 2 fully saturated rings. The molecular weight excluding hydrogens is 342 g/mol. The highest BCUT2D eigenvalue weighted by molar-refractivity contribution is 6.32. The monoisotopic (exact) mass is 363 g/mol. The molecule has 1 amide bonds. The van der Waals surface area contributed by atoms with Crippen molar-refractivity contribution in [2.45, 2.75) is 18.4 Å². The first-order valence-corrected chi connectivity index (χ1v) is 9.07. The van der Waals surface area contributed by atoms with Gasteiger partial charge in [0.15, 0.2) is 0 Å². The molecule has 8 heteroatoms. The highest BCUT2D eigenvalue weighted by atomic mass is 35.5. The molecule has 0 unspecified atom stereocenters. The van der Waals surface area contributed by atoms with E-state index in [1.165, 1.54) is 0 Å². The van der Waals surface area contributed by atoms with Gasteiger partial charge in [-0.3, -0.25) is 15.1 Å². The number of anilines is 1. The number of hydroxylamine groups is 1. The maximum atomic E-state index is 12.8. The van der Waals surface area contributed by atoms with Crippen molar-refractivity contribution in [2.75, 3.05) is 44.2 Å². The number of hydrogen-bond donors (Lipinski definition) is 2. The zero-order valence-corrected chi connectivity index (χ0v) is 14.8. The molecule has 4 heterocycles. The number of carbonyl (C=O) groups excluding carboxylic acids is 1. The third-order valence-corrected chi connectivity index (χ3v) is 5.35. The Hall–Kier alpha value is -1.83. The van der Waals surface area contributed by atoms with Gasteiger partial charge in [0.1, 0.15) is 17.1 Å². The average molecular weight is 364 g/mol. The van der Waals surface area contributed by atoms with E-state index in [1.54, 1.807) is 6.20 Å². The summed E-state index contributed by atoms with van der Waals surface area (Å²) >= 11 is 6.22. The molecule has 2 saturated heterocycles. The number of halogens is 1. The van der Waals surface area contributed by atoms with Crippen molar-refractivity contribution in [3.63, 3.8) is 0 Å². The smallest absolute Gasteiger partial charge is 0.272 e. The Balaban J connectivity index is 1.39. The minimum Gasteiger partial charge on any atom is -0.352 e. The molecule has 1 aromatic rings. The van der Waals surface area contributed by atoms with Crippen molar-refractivity contribution in [1.29, 1.82) is 0 Å². The van der Waals surface area contributed by atoms with Crippen molar-refractivity contribution >= 4 is 23.3 Å². The van der Waals surface area contributed by atoms with Crippen LogP contribution in [0.25, 0.3) is 0 Å². The van der Waals surface area contributed by atoms with E-state index in [-0.39, 0.29) is 11.5 Å². The number of nitrogens with zero attached hydrogens (tertiary/aromatic N) is 3. The average Bonchev–Trinajstić information content (AvgIpc) is 3.06. The molecule has 3 aliphatic heterocycles. The molecule has 0 aliphatic carbocycles. The maximum absolute atomic E-state index is 12.8. The van der Waals surface area contributed by atoms with E-state index in [0.717, 1.165) is 31.7 Å². The van der Waals surface area contributed by atoms with E-state index < -0.39 is 0 Å². The molecule has 134 valence electrons. The van der Waals surface area contributed by atoms with Gasteiger partial charge in [0, 0.05) is 32.4 Å². The van der Waals surface area contributed by atoms with Gasteiger partial charge in [-0.2, -0.15) is 0 Å². The van der Waals surface area contributed by atoms with E-state index >= 15 is 0 Å². The van der Waals surface area contributed by atoms with E-state index in [0.29, 0.717) is 36.9 Å². The van der Waals surface area contributed by atoms with Crippen LogP contribution in [0.5, 0.6) is 0 Å². The van der Waals surface area contributed by atoms with Crippen LogP contribution in [0.1, 0.15) is 12.8 Å². The predicted molar refractivity (Wildman–Crippen MR) is 95.2 cm³/mol. The fourth-order valence-electron chi connectivity index (χ4n) is 3.58. The van der Waals surface area contributed by atoms with Crippen molar-refractivity contribution in [1.82, 2.24) is 20.7 Å². The molecular formula is C17H22ClN5O2. The number of amides is 1. The van der Waals surface area contributed by atoms with Crippen molar-refractivity contribution in [3.8, 4) is 0 Å². The van der Waals surface area contributed by atoms with Crippen molar-refractivity contribution < 1.29 is 9.63 Å². The van der Waals surface area contributed by atoms with Crippen LogP contribution in [-0.4, -0.2) is 60.7 Å². The first-order chi connectivity index (χ1) is 12.2. The number of piperazine rings is 1. The number of piperidine rings is 1. The number of rotatable bonds is 2. The third kappa shape index (κ3) is 3.31. The summed E-state index contributed by atoms with van der Waals surface area (Å²) in [7, 11) is 0. The fraction of sp³-hybridized carbons (Fsp3) is 0.529. The van der Waals surface area contributed by atoms with Gasteiger partial charge in [-0.05, 0) is 44.1 Å². The maximum Gasteiger partial charge on any atom is 0.272 e. The Bertz CT molecular complexity index is 681. The lowest BCUT2D eigenvalue weighted by atomic mass is 9.92. The topological polar surface area (TPSA) is 69.7 Å².